The Bertz CT molecular complexity index is 404. The van der Waals surface area contributed by atoms with E-state index >= 15 is 0 Å². The fourth-order valence-corrected chi connectivity index (χ4v) is 2.32. The molecule has 0 bridgehead atoms. The second-order valence-corrected chi connectivity index (χ2v) is 5.18. The third-order valence-corrected chi connectivity index (χ3v) is 3.23. The van der Waals surface area contributed by atoms with Gasteiger partial charge in [0.1, 0.15) is 0 Å². The number of benzene rings is 1. The molecule has 17 heavy (non-hydrogen) atoms. The van der Waals surface area contributed by atoms with Crippen molar-refractivity contribution in [2.24, 2.45) is 5.92 Å². The second kappa shape index (κ2) is 4.82. The maximum Gasteiger partial charge on any atom is 0.0878 e. The Labute approximate surface area is 104 Å². The van der Waals surface area contributed by atoms with Crippen LogP contribution in [0.4, 0.5) is 0 Å². The first-order chi connectivity index (χ1) is 8.11. The summed E-state index contributed by atoms with van der Waals surface area (Å²) in [6.45, 7) is 9.90. The first-order valence-electron chi connectivity index (χ1n) is 6.41. The van der Waals surface area contributed by atoms with E-state index in [-0.39, 0.29) is 0 Å². The highest BCUT2D eigenvalue weighted by molar-refractivity contribution is 5.69. The van der Waals surface area contributed by atoms with E-state index in [0.29, 0.717) is 12.0 Å². The van der Waals surface area contributed by atoms with Gasteiger partial charge in [-0.15, -0.1) is 0 Å². The summed E-state index contributed by atoms with van der Waals surface area (Å²) in [5, 5.41) is 3.54. The molecule has 1 N–H and O–H groups in total. The van der Waals surface area contributed by atoms with Gasteiger partial charge in [-0.3, -0.25) is 0 Å². The van der Waals surface area contributed by atoms with Crippen molar-refractivity contribution in [1.29, 1.82) is 0 Å². The van der Waals surface area contributed by atoms with Crippen molar-refractivity contribution >= 4 is 5.70 Å². The maximum atomic E-state index is 3.54. The Morgan fingerprint density at radius 1 is 1.06 bits per heavy atom. The van der Waals surface area contributed by atoms with E-state index in [1.807, 2.05) is 0 Å². The molecule has 0 saturated carbocycles. The minimum absolute atomic E-state index is 0.522. The fourth-order valence-electron chi connectivity index (χ4n) is 2.32. The van der Waals surface area contributed by atoms with Crippen molar-refractivity contribution in [2.75, 3.05) is 6.67 Å². The highest BCUT2D eigenvalue weighted by atomic mass is 15.3. The van der Waals surface area contributed by atoms with Crippen LogP contribution >= 0.6 is 0 Å². The molecule has 1 aromatic carbocycles. The van der Waals surface area contributed by atoms with Crippen LogP contribution in [-0.4, -0.2) is 17.6 Å². The average Bonchev–Trinajstić information content (AvgIpc) is 2.74. The predicted octanol–water partition coefficient (Wildman–Crippen LogP) is 3.28. The molecule has 1 aliphatic heterocycles. The van der Waals surface area contributed by atoms with Gasteiger partial charge in [0, 0.05) is 11.7 Å². The monoisotopic (exact) mass is 230 g/mol. The summed E-state index contributed by atoms with van der Waals surface area (Å²) in [6, 6.07) is 11.2. The Balaban J connectivity index is 2.46. The van der Waals surface area contributed by atoms with Crippen LogP contribution < -0.4 is 5.32 Å². The van der Waals surface area contributed by atoms with Crippen LogP contribution in [0.5, 0.6) is 0 Å². The lowest BCUT2D eigenvalue weighted by Gasteiger charge is -2.26. The minimum atomic E-state index is 0.522. The number of hydrogen-bond acceptors (Lipinski definition) is 2. The van der Waals surface area contributed by atoms with Crippen LogP contribution in [0.2, 0.25) is 0 Å². The summed E-state index contributed by atoms with van der Waals surface area (Å²) < 4.78 is 0. The molecule has 0 unspecified atom stereocenters. The summed E-state index contributed by atoms with van der Waals surface area (Å²) in [5.74, 6) is 0.536. The maximum absolute atomic E-state index is 3.54. The molecule has 2 heteroatoms. The molecule has 2 rings (SSSR count). The lowest BCUT2D eigenvalue weighted by Crippen LogP contribution is -2.30. The highest BCUT2D eigenvalue weighted by Gasteiger charge is 2.26. The molecular weight excluding hydrogens is 208 g/mol. The van der Waals surface area contributed by atoms with E-state index in [4.69, 9.17) is 0 Å². The molecule has 1 heterocycles. The van der Waals surface area contributed by atoms with E-state index in [0.717, 1.165) is 6.67 Å². The molecule has 0 atom stereocenters. The zero-order valence-electron chi connectivity index (χ0n) is 11.2. The summed E-state index contributed by atoms with van der Waals surface area (Å²) in [6.07, 6.45) is 0. The summed E-state index contributed by atoms with van der Waals surface area (Å²) >= 11 is 0. The first-order valence-corrected chi connectivity index (χ1v) is 6.41. The zero-order chi connectivity index (χ0) is 12.4. The van der Waals surface area contributed by atoms with Gasteiger partial charge in [0.25, 0.3) is 0 Å². The SMILES string of the molecule is CC(C)C1=C(c2ccccc2)N(C(C)C)CN1. The van der Waals surface area contributed by atoms with Crippen molar-refractivity contribution < 1.29 is 0 Å². The first kappa shape index (κ1) is 12.0. The molecule has 1 aliphatic rings. The summed E-state index contributed by atoms with van der Waals surface area (Å²) in [5.41, 5.74) is 4.05. The number of rotatable bonds is 3. The lowest BCUT2D eigenvalue weighted by atomic mass is 10.0. The van der Waals surface area contributed by atoms with Gasteiger partial charge in [-0.1, -0.05) is 44.2 Å². The van der Waals surface area contributed by atoms with Crippen molar-refractivity contribution in [3.63, 3.8) is 0 Å². The molecule has 0 spiro atoms. The molecule has 0 aromatic heterocycles. The van der Waals surface area contributed by atoms with Gasteiger partial charge in [0.2, 0.25) is 0 Å². The lowest BCUT2D eigenvalue weighted by molar-refractivity contribution is 0.340. The standard InChI is InChI=1S/C15H22N2/c1-11(2)14-15(13-8-6-5-7-9-13)17(10-16-14)12(3)4/h5-9,11-12,16H,10H2,1-4H3. The van der Waals surface area contributed by atoms with Gasteiger partial charge in [0.05, 0.1) is 12.4 Å². The highest BCUT2D eigenvalue weighted by Crippen LogP contribution is 2.31. The molecule has 2 nitrogen and oxygen atoms in total. The largest absolute Gasteiger partial charge is 0.369 e. The molecule has 92 valence electrons. The van der Waals surface area contributed by atoms with Crippen LogP contribution in [0.25, 0.3) is 5.70 Å². The van der Waals surface area contributed by atoms with E-state index in [2.05, 4.69) is 68.2 Å². The normalized spacial score (nSPS) is 16.0. The van der Waals surface area contributed by atoms with Crippen LogP contribution in [-0.2, 0) is 0 Å². The summed E-state index contributed by atoms with van der Waals surface area (Å²) in [7, 11) is 0. The second-order valence-electron chi connectivity index (χ2n) is 5.18. The van der Waals surface area contributed by atoms with Crippen molar-refractivity contribution in [1.82, 2.24) is 10.2 Å². The molecular formula is C15H22N2. The summed E-state index contributed by atoms with van der Waals surface area (Å²) in [4.78, 5) is 2.44. The average molecular weight is 230 g/mol. The Hall–Kier alpha value is -1.44. The van der Waals surface area contributed by atoms with E-state index in [1.54, 1.807) is 0 Å². The van der Waals surface area contributed by atoms with Gasteiger partial charge in [-0.25, -0.2) is 0 Å². The number of nitrogens with zero attached hydrogens (tertiary/aromatic N) is 1. The predicted molar refractivity (Wildman–Crippen MR) is 73.2 cm³/mol. The molecule has 0 amide bonds. The van der Waals surface area contributed by atoms with E-state index < -0.39 is 0 Å². The topological polar surface area (TPSA) is 15.3 Å². The molecule has 0 radical (unpaired) electrons. The van der Waals surface area contributed by atoms with Crippen LogP contribution in [0, 0.1) is 5.92 Å². The quantitative estimate of drug-likeness (QED) is 0.857. The number of nitrogens with one attached hydrogen (secondary N) is 1. The van der Waals surface area contributed by atoms with Crippen molar-refractivity contribution in [3.05, 3.63) is 41.6 Å². The number of hydrogen-bond donors (Lipinski definition) is 1. The Morgan fingerprint density at radius 3 is 2.24 bits per heavy atom. The third-order valence-electron chi connectivity index (χ3n) is 3.23. The number of allylic oxidation sites excluding steroid dienone is 1. The Morgan fingerprint density at radius 2 is 1.71 bits per heavy atom. The van der Waals surface area contributed by atoms with Gasteiger partial charge in [-0.05, 0) is 25.3 Å². The smallest absolute Gasteiger partial charge is 0.0878 e. The van der Waals surface area contributed by atoms with E-state index in [9.17, 15) is 0 Å². The van der Waals surface area contributed by atoms with Crippen LogP contribution in [0.3, 0.4) is 0 Å². The molecule has 0 saturated heterocycles. The van der Waals surface area contributed by atoms with Gasteiger partial charge in [-0.2, -0.15) is 0 Å². The van der Waals surface area contributed by atoms with Crippen LogP contribution in [0.15, 0.2) is 36.0 Å². The van der Waals surface area contributed by atoms with Crippen LogP contribution in [0.1, 0.15) is 33.3 Å². The van der Waals surface area contributed by atoms with E-state index in [1.165, 1.54) is 17.0 Å². The third kappa shape index (κ3) is 2.31. The van der Waals surface area contributed by atoms with Gasteiger partial charge >= 0.3 is 0 Å². The van der Waals surface area contributed by atoms with Gasteiger partial charge in [0.15, 0.2) is 0 Å². The molecule has 1 aromatic rings. The minimum Gasteiger partial charge on any atom is -0.369 e. The van der Waals surface area contributed by atoms with Gasteiger partial charge < -0.3 is 10.2 Å². The Kier molecular flexibility index (Phi) is 3.41. The zero-order valence-corrected chi connectivity index (χ0v) is 11.2. The fraction of sp³-hybridized carbons (Fsp3) is 0.467. The van der Waals surface area contributed by atoms with Crippen molar-refractivity contribution in [2.45, 2.75) is 33.7 Å². The molecule has 0 aliphatic carbocycles. The van der Waals surface area contributed by atoms with Crippen molar-refractivity contribution in [3.8, 4) is 0 Å². The molecule has 0 fully saturated rings.